The fourth-order valence-corrected chi connectivity index (χ4v) is 3.42. The van der Waals surface area contributed by atoms with Crippen LogP contribution in [0.25, 0.3) is 0 Å². The molecule has 1 saturated heterocycles. The van der Waals surface area contributed by atoms with E-state index in [0.717, 1.165) is 0 Å². The fraction of sp³-hybridized carbons (Fsp3) is 0.800. The molecule has 1 aliphatic rings. The van der Waals surface area contributed by atoms with Crippen molar-refractivity contribution in [3.8, 4) is 0 Å². The normalized spacial score (nSPS) is 28.8. The van der Waals surface area contributed by atoms with Crippen molar-refractivity contribution in [2.75, 3.05) is 0 Å². The Morgan fingerprint density at radius 1 is 1.59 bits per heavy atom. The van der Waals surface area contributed by atoms with Gasteiger partial charge in [0.15, 0.2) is 0 Å². The number of carboxylic acids is 1. The van der Waals surface area contributed by atoms with E-state index in [4.69, 9.17) is 0 Å². The molecule has 7 heteroatoms. The molecule has 1 aliphatic heterocycles. The average Bonchev–Trinajstić information content (AvgIpc) is 2.51. The highest BCUT2D eigenvalue weighted by atomic mass is 32.2. The molecule has 1 unspecified atom stereocenters. The quantitative estimate of drug-likeness (QED) is 0.794. The molecule has 1 heterocycles. The second-order valence-electron chi connectivity index (χ2n) is 4.06. The number of aliphatic carboxylic acids is 1. The van der Waals surface area contributed by atoms with Crippen LogP contribution in [0.3, 0.4) is 0 Å². The lowest BCUT2D eigenvalue weighted by atomic mass is 9.89. The Morgan fingerprint density at radius 2 is 2.18 bits per heavy atom. The molecule has 98 valence electrons. The summed E-state index contributed by atoms with van der Waals surface area (Å²) in [6, 6.07) is -0.793. The van der Waals surface area contributed by atoms with Crippen LogP contribution in [0, 0.1) is 0 Å². The van der Waals surface area contributed by atoms with Crippen molar-refractivity contribution in [1.29, 1.82) is 0 Å². The highest BCUT2D eigenvalue weighted by Crippen LogP contribution is 2.33. The summed E-state index contributed by atoms with van der Waals surface area (Å²) in [4.78, 5) is 22.8. The molecule has 1 fully saturated rings. The van der Waals surface area contributed by atoms with Gasteiger partial charge in [-0.05, 0) is 19.8 Å². The highest BCUT2D eigenvalue weighted by molar-refractivity contribution is 7.78. The lowest BCUT2D eigenvalue weighted by Crippen LogP contribution is -2.56. The zero-order valence-corrected chi connectivity index (χ0v) is 11.0. The largest absolute Gasteiger partial charge is 0.480 e. The molecule has 1 N–H and O–H groups in total. The smallest absolute Gasteiger partial charge is 0.339 e. The molecule has 6 nitrogen and oxygen atoms in total. The molecule has 0 radical (unpaired) electrons. The summed E-state index contributed by atoms with van der Waals surface area (Å²) < 4.78 is 17.5. The Hall–Kier alpha value is -0.950. The Kier molecular flexibility index (Phi) is 4.26. The third-order valence-electron chi connectivity index (χ3n) is 3.08. The molecule has 0 saturated carbocycles. The molecular weight excluding hydrogens is 246 g/mol. The average molecular weight is 263 g/mol. The van der Waals surface area contributed by atoms with Crippen molar-refractivity contribution in [1.82, 2.24) is 4.31 Å². The summed E-state index contributed by atoms with van der Waals surface area (Å²) in [6.45, 7) is 5.06. The van der Waals surface area contributed by atoms with E-state index in [1.165, 1.54) is 11.2 Å². The molecule has 0 aliphatic carbocycles. The van der Waals surface area contributed by atoms with E-state index in [2.05, 4.69) is 4.18 Å². The molecule has 0 bridgehead atoms. The topological polar surface area (TPSA) is 83.9 Å². The first-order chi connectivity index (χ1) is 7.90. The van der Waals surface area contributed by atoms with E-state index < -0.39 is 34.8 Å². The van der Waals surface area contributed by atoms with Crippen LogP contribution < -0.4 is 0 Å². The van der Waals surface area contributed by atoms with Gasteiger partial charge in [0.05, 0.1) is 0 Å². The van der Waals surface area contributed by atoms with Crippen LogP contribution in [-0.4, -0.2) is 37.1 Å². The van der Waals surface area contributed by atoms with E-state index in [1.54, 1.807) is 6.92 Å². The number of nitrogens with zero attached hydrogens (tertiary/aromatic N) is 1. The molecular formula is C10H17NO5S. The maximum absolute atomic E-state index is 11.7. The lowest BCUT2D eigenvalue weighted by Gasteiger charge is -2.35. The van der Waals surface area contributed by atoms with Crippen LogP contribution in [-0.2, 0) is 25.0 Å². The Morgan fingerprint density at radius 3 is 2.47 bits per heavy atom. The SMILES string of the molecule is CCC[C@@](CC)(C(=O)O)N1[C@@H](C)C(=O)OS1=O. The number of carboxylic acid groups (broad SMARTS) is 1. The third kappa shape index (κ3) is 2.21. The number of carbonyl (C=O) groups is 2. The first-order valence-corrected chi connectivity index (χ1v) is 6.60. The first kappa shape index (κ1) is 14.1. The number of carbonyl (C=O) groups excluding carboxylic acids is 1. The number of hydrogen-bond donors (Lipinski definition) is 1. The first-order valence-electron chi connectivity index (χ1n) is 5.57. The van der Waals surface area contributed by atoms with E-state index in [0.29, 0.717) is 12.8 Å². The van der Waals surface area contributed by atoms with Gasteiger partial charge in [-0.15, -0.1) is 0 Å². The molecule has 0 aromatic carbocycles. The van der Waals surface area contributed by atoms with E-state index in [-0.39, 0.29) is 6.42 Å². The Labute approximate surface area is 103 Å². The van der Waals surface area contributed by atoms with Crippen molar-refractivity contribution < 1.29 is 23.1 Å². The lowest BCUT2D eigenvalue weighted by molar-refractivity contribution is -0.150. The zero-order chi connectivity index (χ0) is 13.2. The minimum atomic E-state index is -2.01. The van der Waals surface area contributed by atoms with Crippen molar-refractivity contribution in [3.63, 3.8) is 0 Å². The van der Waals surface area contributed by atoms with Gasteiger partial charge >= 0.3 is 11.9 Å². The van der Waals surface area contributed by atoms with Crippen molar-refractivity contribution in [2.45, 2.75) is 51.6 Å². The number of rotatable bonds is 5. The van der Waals surface area contributed by atoms with Gasteiger partial charge in [0.1, 0.15) is 11.6 Å². The monoisotopic (exact) mass is 263 g/mol. The predicted octanol–water partition coefficient (Wildman–Crippen LogP) is 0.846. The maximum atomic E-state index is 11.7. The van der Waals surface area contributed by atoms with Crippen LogP contribution in [0.4, 0.5) is 0 Å². The summed E-state index contributed by atoms with van der Waals surface area (Å²) in [5, 5.41) is 9.39. The zero-order valence-electron chi connectivity index (χ0n) is 10.1. The molecule has 17 heavy (non-hydrogen) atoms. The van der Waals surface area contributed by atoms with Crippen molar-refractivity contribution in [2.24, 2.45) is 0 Å². The maximum Gasteiger partial charge on any atom is 0.339 e. The number of hydrogen-bond acceptors (Lipinski definition) is 4. The van der Waals surface area contributed by atoms with Gasteiger partial charge in [-0.2, -0.15) is 8.51 Å². The molecule has 0 aromatic rings. The fourth-order valence-electron chi connectivity index (χ4n) is 2.13. The van der Waals surface area contributed by atoms with Crippen LogP contribution in [0.1, 0.15) is 40.0 Å². The van der Waals surface area contributed by atoms with Crippen molar-refractivity contribution in [3.05, 3.63) is 0 Å². The van der Waals surface area contributed by atoms with E-state index in [1.807, 2.05) is 6.92 Å². The highest BCUT2D eigenvalue weighted by Gasteiger charge is 2.54. The molecule has 3 atom stereocenters. The van der Waals surface area contributed by atoms with Gasteiger partial charge in [-0.25, -0.2) is 4.79 Å². The van der Waals surface area contributed by atoms with Gasteiger partial charge in [0, 0.05) is 0 Å². The summed E-state index contributed by atoms with van der Waals surface area (Å²) in [6.07, 6.45) is 1.21. The minimum Gasteiger partial charge on any atom is -0.480 e. The second kappa shape index (κ2) is 5.14. The van der Waals surface area contributed by atoms with Crippen LogP contribution in [0.5, 0.6) is 0 Å². The van der Waals surface area contributed by atoms with Gasteiger partial charge in [-0.3, -0.25) is 4.79 Å². The summed E-state index contributed by atoms with van der Waals surface area (Å²) >= 11 is -2.01. The summed E-state index contributed by atoms with van der Waals surface area (Å²) in [7, 11) is 0. The van der Waals surface area contributed by atoms with Gasteiger partial charge < -0.3 is 9.29 Å². The summed E-state index contributed by atoms with van der Waals surface area (Å²) in [5.74, 6) is -1.71. The third-order valence-corrected chi connectivity index (χ3v) is 4.37. The second-order valence-corrected chi connectivity index (χ2v) is 5.06. The predicted molar refractivity (Wildman–Crippen MR) is 61.1 cm³/mol. The van der Waals surface area contributed by atoms with Gasteiger partial charge in [-0.1, -0.05) is 20.3 Å². The van der Waals surface area contributed by atoms with E-state index >= 15 is 0 Å². The molecule has 0 spiro atoms. The Bertz CT molecular complexity index is 359. The Balaban J connectivity index is 3.18. The van der Waals surface area contributed by atoms with Gasteiger partial charge in [0.25, 0.3) is 11.3 Å². The summed E-state index contributed by atoms with van der Waals surface area (Å²) in [5.41, 5.74) is -1.30. The molecule has 1 rings (SSSR count). The van der Waals surface area contributed by atoms with Crippen molar-refractivity contribution >= 4 is 23.2 Å². The van der Waals surface area contributed by atoms with Crippen LogP contribution >= 0.6 is 0 Å². The molecule has 0 amide bonds. The van der Waals surface area contributed by atoms with Gasteiger partial charge in [0.2, 0.25) is 0 Å². The minimum absolute atomic E-state index is 0.267. The van der Waals surface area contributed by atoms with E-state index in [9.17, 15) is 18.9 Å². The standard InChI is InChI=1S/C10H17NO5S/c1-4-6-10(5-2,9(13)14)11-7(3)8(12)16-17(11)15/h7H,4-6H2,1-3H3,(H,13,14)/t7-,10-,17?/m0/s1. The molecule has 0 aromatic heterocycles. The van der Waals surface area contributed by atoms with Crippen LogP contribution in [0.15, 0.2) is 0 Å². The van der Waals surface area contributed by atoms with Crippen LogP contribution in [0.2, 0.25) is 0 Å².